The van der Waals surface area contributed by atoms with Crippen LogP contribution in [0, 0.1) is 0 Å². The number of halogens is 3. The molecule has 1 aliphatic rings. The second-order valence-electron chi connectivity index (χ2n) is 6.88. The summed E-state index contributed by atoms with van der Waals surface area (Å²) >= 11 is 5.26. The predicted molar refractivity (Wildman–Crippen MR) is 111 cm³/mol. The van der Waals surface area contributed by atoms with E-state index in [9.17, 15) is 21.6 Å². The van der Waals surface area contributed by atoms with Gasteiger partial charge in [0.25, 0.3) is 0 Å². The van der Waals surface area contributed by atoms with E-state index in [1.165, 1.54) is 16.4 Å². The number of benzene rings is 2. The Bertz CT molecular complexity index is 982. The minimum absolute atomic E-state index is 0.116. The molecule has 1 unspecified atom stereocenters. The van der Waals surface area contributed by atoms with Crippen molar-refractivity contribution < 1.29 is 26.3 Å². The van der Waals surface area contributed by atoms with Gasteiger partial charge in [0.1, 0.15) is 10.6 Å². The number of nitrogens with zero attached hydrogens (tertiary/aromatic N) is 1. The van der Waals surface area contributed by atoms with Gasteiger partial charge >= 0.3 is 6.36 Å². The molecule has 0 aliphatic carbocycles. The summed E-state index contributed by atoms with van der Waals surface area (Å²) in [6.07, 6.45) is -3.39. The number of nitrogens with one attached hydrogen (secondary N) is 1. The van der Waals surface area contributed by atoms with Crippen LogP contribution in [0.2, 0.25) is 0 Å². The van der Waals surface area contributed by atoms with Gasteiger partial charge in [0.2, 0.25) is 10.0 Å². The molecule has 1 heterocycles. The van der Waals surface area contributed by atoms with E-state index in [0.29, 0.717) is 30.8 Å². The van der Waals surface area contributed by atoms with Gasteiger partial charge < -0.3 is 10.1 Å². The maximum atomic E-state index is 13.5. The molecule has 1 saturated heterocycles. The quantitative estimate of drug-likeness (QED) is 0.689. The van der Waals surface area contributed by atoms with Crippen LogP contribution in [0.5, 0.6) is 5.75 Å². The Morgan fingerprint density at radius 2 is 1.77 bits per heavy atom. The molecule has 1 fully saturated rings. The Hall–Kier alpha value is -2.17. The van der Waals surface area contributed by atoms with E-state index in [2.05, 4.69) is 10.1 Å². The van der Waals surface area contributed by atoms with E-state index in [-0.39, 0.29) is 6.54 Å². The molecule has 2 aromatic rings. The number of alkyl halides is 3. The van der Waals surface area contributed by atoms with Crippen LogP contribution in [0.1, 0.15) is 18.4 Å². The van der Waals surface area contributed by atoms with Crippen LogP contribution in [0.15, 0.2) is 59.5 Å². The molecule has 0 radical (unpaired) electrons. The largest absolute Gasteiger partial charge is 0.573 e. The Morgan fingerprint density at radius 3 is 2.47 bits per heavy atom. The lowest BCUT2D eigenvalue weighted by Gasteiger charge is -2.33. The molecule has 0 amide bonds. The summed E-state index contributed by atoms with van der Waals surface area (Å²) in [5.41, 5.74) is 0.932. The van der Waals surface area contributed by atoms with Crippen molar-refractivity contribution in [3.8, 4) is 5.75 Å². The molecule has 10 heteroatoms. The molecule has 162 valence electrons. The highest BCUT2D eigenvalue weighted by atomic mass is 32.2. The lowest BCUT2D eigenvalue weighted by molar-refractivity contribution is -0.275. The van der Waals surface area contributed by atoms with Crippen molar-refractivity contribution in [1.82, 2.24) is 9.62 Å². The lowest BCUT2D eigenvalue weighted by atomic mass is 10.0. The maximum absolute atomic E-state index is 13.5. The van der Waals surface area contributed by atoms with Crippen molar-refractivity contribution in [2.45, 2.75) is 36.6 Å². The smallest absolute Gasteiger partial charge is 0.404 e. The van der Waals surface area contributed by atoms with Crippen molar-refractivity contribution in [1.29, 1.82) is 0 Å². The highest BCUT2D eigenvalue weighted by Gasteiger charge is 2.38. The third-order valence-electron chi connectivity index (χ3n) is 4.72. The molecular weight excluding hydrogens is 437 g/mol. The number of para-hydroxylation sites is 1. The molecule has 2 aromatic carbocycles. The molecule has 5 nitrogen and oxygen atoms in total. The van der Waals surface area contributed by atoms with Gasteiger partial charge in [-0.2, -0.15) is 4.31 Å². The zero-order valence-electron chi connectivity index (χ0n) is 15.9. The van der Waals surface area contributed by atoms with E-state index >= 15 is 0 Å². The first-order valence-corrected chi connectivity index (χ1v) is 11.2. The first-order chi connectivity index (χ1) is 14.2. The minimum Gasteiger partial charge on any atom is -0.404 e. The second-order valence-corrected chi connectivity index (χ2v) is 9.23. The summed E-state index contributed by atoms with van der Waals surface area (Å²) in [6.45, 7) is 0.501. The van der Waals surface area contributed by atoms with Crippen molar-refractivity contribution in [2.75, 3.05) is 13.1 Å². The number of hydrogen-bond donors (Lipinski definition) is 1. The number of sulfonamides is 1. The van der Waals surface area contributed by atoms with E-state index < -0.39 is 33.1 Å². The maximum Gasteiger partial charge on any atom is 0.573 e. The summed E-state index contributed by atoms with van der Waals surface area (Å²) in [5.74, 6) is -0.760. The molecule has 0 spiro atoms. The van der Waals surface area contributed by atoms with Gasteiger partial charge in [-0.25, -0.2) is 8.42 Å². The van der Waals surface area contributed by atoms with Crippen molar-refractivity contribution in [3.05, 3.63) is 60.2 Å². The molecule has 0 saturated carbocycles. The lowest BCUT2D eigenvalue weighted by Crippen LogP contribution is -2.49. The fraction of sp³-hybridized carbons (Fsp3) is 0.350. The number of rotatable bonds is 5. The van der Waals surface area contributed by atoms with Crippen LogP contribution in [0.3, 0.4) is 0 Å². The zero-order chi connectivity index (χ0) is 21.8. The Kier molecular flexibility index (Phi) is 6.99. The normalized spacial score (nSPS) is 18.9. The zero-order valence-corrected chi connectivity index (χ0v) is 17.6. The summed E-state index contributed by atoms with van der Waals surface area (Å²) in [4.78, 5) is -0.214. The van der Waals surface area contributed by atoms with Gasteiger partial charge in [-0.05, 0) is 37.0 Å². The van der Waals surface area contributed by atoms with E-state index in [0.717, 1.165) is 17.7 Å². The third-order valence-corrected chi connectivity index (χ3v) is 6.93. The number of ether oxygens (including phenoxy) is 1. The Balaban J connectivity index is 2.01. The Morgan fingerprint density at radius 1 is 1.10 bits per heavy atom. The number of thiocarbonyl (C=S) groups is 1. The second kappa shape index (κ2) is 9.32. The van der Waals surface area contributed by atoms with Crippen molar-refractivity contribution >= 4 is 27.2 Å². The van der Waals surface area contributed by atoms with Gasteiger partial charge in [-0.1, -0.05) is 54.7 Å². The van der Waals surface area contributed by atoms with Crippen molar-refractivity contribution in [2.24, 2.45) is 0 Å². The van der Waals surface area contributed by atoms with E-state index in [1.807, 2.05) is 30.3 Å². The summed E-state index contributed by atoms with van der Waals surface area (Å²) < 4.78 is 70.7. The number of hydrogen-bond acceptors (Lipinski definition) is 4. The van der Waals surface area contributed by atoms with E-state index in [4.69, 9.17) is 12.2 Å². The molecule has 1 N–H and O–H groups in total. The molecule has 0 bridgehead atoms. The molecule has 30 heavy (non-hydrogen) atoms. The monoisotopic (exact) mass is 458 g/mol. The van der Waals surface area contributed by atoms with Crippen molar-refractivity contribution in [3.63, 3.8) is 0 Å². The van der Waals surface area contributed by atoms with Crippen LogP contribution in [0.4, 0.5) is 13.2 Å². The topological polar surface area (TPSA) is 58.6 Å². The molecule has 0 aromatic heterocycles. The van der Waals surface area contributed by atoms with Gasteiger partial charge in [-0.15, -0.1) is 13.2 Å². The molecule has 1 atom stereocenters. The van der Waals surface area contributed by atoms with Gasteiger partial charge in [0.15, 0.2) is 0 Å². The fourth-order valence-electron chi connectivity index (χ4n) is 3.41. The average molecular weight is 459 g/mol. The van der Waals surface area contributed by atoms with E-state index in [1.54, 1.807) is 0 Å². The van der Waals surface area contributed by atoms with Crippen LogP contribution < -0.4 is 10.1 Å². The van der Waals surface area contributed by atoms with Crippen LogP contribution in [0.25, 0.3) is 0 Å². The average Bonchev–Trinajstić information content (AvgIpc) is 2.67. The van der Waals surface area contributed by atoms with Crippen LogP contribution >= 0.6 is 12.2 Å². The fourth-order valence-corrected chi connectivity index (χ4v) is 5.47. The highest BCUT2D eigenvalue weighted by Crippen LogP contribution is 2.33. The minimum atomic E-state index is -5.01. The van der Waals surface area contributed by atoms with Gasteiger partial charge in [0, 0.05) is 12.6 Å². The molecule has 3 rings (SSSR count). The van der Waals surface area contributed by atoms with Gasteiger partial charge in [0.05, 0.1) is 11.5 Å². The first-order valence-electron chi connectivity index (χ1n) is 9.34. The predicted octanol–water partition coefficient (Wildman–Crippen LogP) is 3.90. The Labute approximate surface area is 178 Å². The molecular formula is C20H21F3N2O3S2. The van der Waals surface area contributed by atoms with Gasteiger partial charge in [-0.3, -0.25) is 0 Å². The standard InChI is InChI=1S/C20H21F3N2O3S2/c21-20(22,23)28-17-10-4-5-11-18(17)30(26,27)25-14-19(29)24-12-6-9-16(25)13-15-7-2-1-3-8-15/h1-5,7-8,10-11,16H,6,9,12-14H2,(H,24,29). The third kappa shape index (κ3) is 5.71. The summed E-state index contributed by atoms with van der Waals surface area (Å²) in [6, 6.07) is 13.7. The SMILES string of the molecule is O=S(=O)(c1ccccc1OC(F)(F)F)N1CC(=S)NCCCC1Cc1ccccc1. The highest BCUT2D eigenvalue weighted by molar-refractivity contribution is 7.89. The van der Waals surface area contributed by atoms with Crippen LogP contribution in [-0.4, -0.2) is 43.2 Å². The first kappa shape index (κ1) is 22.5. The summed E-state index contributed by atoms with van der Waals surface area (Å²) in [7, 11) is -4.33. The molecule has 1 aliphatic heterocycles. The van der Waals surface area contributed by atoms with Crippen LogP contribution in [-0.2, 0) is 16.4 Å². The summed E-state index contributed by atoms with van der Waals surface area (Å²) in [5, 5.41) is 2.99.